The first-order chi connectivity index (χ1) is 13.0. The van der Waals surface area contributed by atoms with Gasteiger partial charge in [-0.05, 0) is 72.0 Å². The van der Waals surface area contributed by atoms with Gasteiger partial charge in [-0.1, -0.05) is 42.5 Å². The summed E-state index contributed by atoms with van der Waals surface area (Å²) in [6.45, 7) is 0.401. The maximum absolute atomic E-state index is 11.2. The smallest absolute Gasteiger partial charge is 0.259 e. The van der Waals surface area contributed by atoms with Crippen molar-refractivity contribution in [3.63, 3.8) is 0 Å². The topological polar surface area (TPSA) is 76.1 Å². The predicted octanol–water partition coefficient (Wildman–Crippen LogP) is 5.34. The first-order valence-corrected chi connectivity index (χ1v) is 9.58. The first-order valence-electron chi connectivity index (χ1n) is 7.99. The summed E-state index contributed by atoms with van der Waals surface area (Å²) in [4.78, 5) is 11.2. The number of carbonyl (C=O) groups excluding carboxylic acids is 1. The molecule has 0 saturated carbocycles. The highest BCUT2D eigenvalue weighted by molar-refractivity contribution is 9.11. The highest BCUT2D eigenvalue weighted by Gasteiger charge is 2.11. The molecule has 0 bridgehead atoms. The molecule has 2 N–H and O–H groups in total. The van der Waals surface area contributed by atoms with Gasteiger partial charge in [0.2, 0.25) is 0 Å². The van der Waals surface area contributed by atoms with Crippen molar-refractivity contribution in [2.45, 2.75) is 6.61 Å². The molecule has 0 unspecified atom stereocenters. The molecule has 0 saturated heterocycles. The average Bonchev–Trinajstić information content (AvgIpc) is 2.65. The van der Waals surface area contributed by atoms with Crippen LogP contribution in [0.5, 0.6) is 5.75 Å². The van der Waals surface area contributed by atoms with E-state index in [1.165, 1.54) is 6.08 Å². The van der Waals surface area contributed by atoms with Crippen molar-refractivity contribution in [1.82, 2.24) is 0 Å². The Bertz CT molecular complexity index is 1070. The van der Waals surface area contributed by atoms with Crippen LogP contribution in [0.2, 0.25) is 0 Å². The van der Waals surface area contributed by atoms with Crippen LogP contribution in [0.4, 0.5) is 0 Å². The van der Waals surface area contributed by atoms with Gasteiger partial charge in [-0.25, -0.2) is 0 Å². The Morgan fingerprint density at radius 3 is 2.44 bits per heavy atom. The minimum atomic E-state index is -0.763. The lowest BCUT2D eigenvalue weighted by Crippen LogP contribution is -2.12. The van der Waals surface area contributed by atoms with Crippen molar-refractivity contribution >= 4 is 54.6 Å². The Morgan fingerprint density at radius 1 is 1.11 bits per heavy atom. The van der Waals surface area contributed by atoms with Crippen LogP contribution >= 0.6 is 31.9 Å². The number of hydrogen-bond acceptors (Lipinski definition) is 3. The molecule has 3 aromatic rings. The molecule has 0 aliphatic carbocycles. The largest absolute Gasteiger partial charge is 0.487 e. The molecular formula is C21H14Br2N2O2. The Balaban J connectivity index is 1.88. The zero-order valence-electron chi connectivity index (χ0n) is 14.1. The van der Waals surface area contributed by atoms with E-state index in [0.717, 1.165) is 16.3 Å². The number of amides is 1. The Morgan fingerprint density at radius 2 is 1.78 bits per heavy atom. The number of ether oxygens (including phenoxy) is 1. The minimum Gasteiger partial charge on any atom is -0.487 e. The summed E-state index contributed by atoms with van der Waals surface area (Å²) in [5.74, 6) is -0.126. The molecule has 4 nitrogen and oxygen atoms in total. The van der Waals surface area contributed by atoms with Crippen LogP contribution in [-0.4, -0.2) is 5.91 Å². The molecular weight excluding hydrogens is 472 g/mol. The van der Waals surface area contributed by atoms with Crippen molar-refractivity contribution in [3.8, 4) is 11.8 Å². The van der Waals surface area contributed by atoms with E-state index in [1.807, 2.05) is 24.3 Å². The highest BCUT2D eigenvalue weighted by atomic mass is 79.9. The number of nitriles is 1. The zero-order chi connectivity index (χ0) is 19.4. The van der Waals surface area contributed by atoms with E-state index < -0.39 is 5.91 Å². The molecule has 6 heteroatoms. The molecule has 1 amide bonds. The molecule has 0 fully saturated rings. The lowest BCUT2D eigenvalue weighted by molar-refractivity contribution is -0.114. The van der Waals surface area contributed by atoms with Gasteiger partial charge in [-0.2, -0.15) is 5.26 Å². The van der Waals surface area contributed by atoms with E-state index in [1.54, 1.807) is 18.2 Å². The zero-order valence-corrected chi connectivity index (χ0v) is 17.2. The van der Waals surface area contributed by atoms with Crippen LogP contribution in [0.15, 0.2) is 69.1 Å². The van der Waals surface area contributed by atoms with Gasteiger partial charge < -0.3 is 10.5 Å². The Labute approximate surface area is 173 Å². The first kappa shape index (κ1) is 19.2. The number of fused-ring (bicyclic) bond motifs is 1. The van der Waals surface area contributed by atoms with E-state index in [0.29, 0.717) is 26.9 Å². The molecule has 27 heavy (non-hydrogen) atoms. The van der Waals surface area contributed by atoms with E-state index in [9.17, 15) is 4.79 Å². The fourth-order valence-electron chi connectivity index (χ4n) is 2.69. The highest BCUT2D eigenvalue weighted by Crippen LogP contribution is 2.36. The number of hydrogen-bond donors (Lipinski definition) is 1. The van der Waals surface area contributed by atoms with Gasteiger partial charge in [0, 0.05) is 0 Å². The number of halogens is 2. The molecule has 0 heterocycles. The predicted molar refractivity (Wildman–Crippen MR) is 113 cm³/mol. The summed E-state index contributed by atoms with van der Waals surface area (Å²) in [6, 6.07) is 19.6. The summed E-state index contributed by atoms with van der Waals surface area (Å²) in [5.41, 5.74) is 6.80. The summed E-state index contributed by atoms with van der Waals surface area (Å²) < 4.78 is 7.42. The molecule has 3 rings (SSSR count). The van der Waals surface area contributed by atoms with Crippen molar-refractivity contribution in [2.75, 3.05) is 0 Å². The second kappa shape index (κ2) is 8.38. The van der Waals surface area contributed by atoms with Crippen molar-refractivity contribution in [2.24, 2.45) is 5.73 Å². The normalized spacial score (nSPS) is 11.2. The number of primary amides is 1. The lowest BCUT2D eigenvalue weighted by Gasteiger charge is -2.13. The minimum absolute atomic E-state index is 0.113. The number of benzene rings is 3. The summed E-state index contributed by atoms with van der Waals surface area (Å²) in [6.07, 6.45) is 1.44. The van der Waals surface area contributed by atoms with Gasteiger partial charge in [-0.15, -0.1) is 0 Å². The van der Waals surface area contributed by atoms with Gasteiger partial charge in [0.1, 0.15) is 24.0 Å². The standard InChI is InChI=1S/C21H14Br2N2O2/c22-18-9-13(8-16(11-24)21(25)26)10-19(23)20(18)27-12-15-6-3-5-14-4-1-2-7-17(14)15/h1-10H,12H2,(H2,25,26)/b16-8+. The van der Waals surface area contributed by atoms with Crippen molar-refractivity contribution in [3.05, 3.63) is 80.2 Å². The third-order valence-corrected chi connectivity index (χ3v) is 5.15. The third kappa shape index (κ3) is 4.38. The molecule has 0 atom stereocenters. The van der Waals surface area contributed by atoms with E-state index in [-0.39, 0.29) is 5.57 Å². The SMILES string of the molecule is N#C/C(=C\c1cc(Br)c(OCc2cccc3ccccc23)c(Br)c1)C(N)=O. The average molecular weight is 486 g/mol. The van der Waals surface area contributed by atoms with E-state index in [2.05, 4.69) is 50.1 Å². The van der Waals surface area contributed by atoms with Gasteiger partial charge in [0.15, 0.2) is 0 Å². The number of carbonyl (C=O) groups is 1. The van der Waals surface area contributed by atoms with Crippen molar-refractivity contribution < 1.29 is 9.53 Å². The Hall–Kier alpha value is -2.62. The maximum Gasteiger partial charge on any atom is 0.259 e. The molecule has 0 aromatic heterocycles. The fourth-order valence-corrected chi connectivity index (χ4v) is 4.14. The van der Waals surface area contributed by atoms with Gasteiger partial charge >= 0.3 is 0 Å². The molecule has 0 radical (unpaired) electrons. The van der Waals surface area contributed by atoms with Crippen molar-refractivity contribution in [1.29, 1.82) is 5.26 Å². The van der Waals surface area contributed by atoms with Gasteiger partial charge in [0.05, 0.1) is 8.95 Å². The molecule has 3 aromatic carbocycles. The van der Waals surface area contributed by atoms with Crippen LogP contribution in [0.1, 0.15) is 11.1 Å². The fraction of sp³-hybridized carbons (Fsp3) is 0.0476. The molecule has 0 aliphatic heterocycles. The molecule has 0 aliphatic rings. The monoisotopic (exact) mass is 484 g/mol. The van der Waals surface area contributed by atoms with E-state index >= 15 is 0 Å². The molecule has 134 valence electrons. The number of rotatable bonds is 5. The van der Waals surface area contributed by atoms with Crippen LogP contribution < -0.4 is 10.5 Å². The Kier molecular flexibility index (Phi) is 5.94. The lowest BCUT2D eigenvalue weighted by atomic mass is 10.1. The molecule has 0 spiro atoms. The van der Waals surface area contributed by atoms with E-state index in [4.69, 9.17) is 15.7 Å². The number of nitrogens with two attached hydrogens (primary N) is 1. The second-order valence-corrected chi connectivity index (χ2v) is 7.48. The van der Waals surface area contributed by atoms with Gasteiger partial charge in [0.25, 0.3) is 5.91 Å². The van der Waals surface area contributed by atoms with Crippen LogP contribution in [0, 0.1) is 11.3 Å². The summed E-state index contributed by atoms with van der Waals surface area (Å²) in [5, 5.41) is 11.3. The maximum atomic E-state index is 11.2. The summed E-state index contributed by atoms with van der Waals surface area (Å²) in [7, 11) is 0. The van der Waals surface area contributed by atoms with Crippen LogP contribution in [0.25, 0.3) is 16.8 Å². The summed E-state index contributed by atoms with van der Waals surface area (Å²) >= 11 is 6.97. The third-order valence-electron chi connectivity index (χ3n) is 3.97. The second-order valence-electron chi connectivity index (χ2n) is 5.77. The number of nitrogens with zero attached hydrogens (tertiary/aromatic N) is 1. The van der Waals surface area contributed by atoms with Crippen LogP contribution in [-0.2, 0) is 11.4 Å². The van der Waals surface area contributed by atoms with Crippen LogP contribution in [0.3, 0.4) is 0 Å². The quantitative estimate of drug-likeness (QED) is 0.391. The van der Waals surface area contributed by atoms with Gasteiger partial charge in [-0.3, -0.25) is 4.79 Å².